The average Bonchev–Trinajstić information content (AvgIpc) is 3.31. The zero-order chi connectivity index (χ0) is 20.5. The summed E-state index contributed by atoms with van der Waals surface area (Å²) in [5.74, 6) is -1.33. The Labute approximate surface area is 170 Å². The number of hydrogen-bond donors (Lipinski definition) is 0. The van der Waals surface area contributed by atoms with Crippen LogP contribution in [0.4, 0.5) is 0 Å². The van der Waals surface area contributed by atoms with Gasteiger partial charge in [0.1, 0.15) is 4.21 Å². The number of carbonyl (C=O) groups excluding carboxylic acids is 1. The van der Waals surface area contributed by atoms with Crippen molar-refractivity contribution in [3.8, 4) is 0 Å². The van der Waals surface area contributed by atoms with Gasteiger partial charge in [-0.3, -0.25) is 0 Å². The highest BCUT2D eigenvalue weighted by atomic mass is 32.2. The summed E-state index contributed by atoms with van der Waals surface area (Å²) in [7, 11) is -3.56. The fourth-order valence-electron chi connectivity index (χ4n) is 3.14. The van der Waals surface area contributed by atoms with Crippen molar-refractivity contribution >= 4 is 39.0 Å². The second-order valence-corrected chi connectivity index (χ2v) is 11.2. The van der Waals surface area contributed by atoms with Crippen LogP contribution in [0.1, 0.15) is 49.6 Å². The molecule has 1 aromatic carbocycles. The van der Waals surface area contributed by atoms with Gasteiger partial charge < -0.3 is 9.90 Å². The van der Waals surface area contributed by atoms with Crippen molar-refractivity contribution in [3.05, 3.63) is 52.4 Å². The van der Waals surface area contributed by atoms with Gasteiger partial charge in [-0.25, -0.2) is 8.42 Å². The maximum Gasteiger partial charge on any atom is 0.252 e. The summed E-state index contributed by atoms with van der Waals surface area (Å²) in [6.45, 7) is 7.35. The second kappa shape index (κ2) is 7.81. The molecule has 2 aromatic rings. The minimum atomic E-state index is -3.56. The molecule has 0 aliphatic carbocycles. The van der Waals surface area contributed by atoms with Crippen LogP contribution in [0.25, 0.3) is 11.6 Å². The van der Waals surface area contributed by atoms with Gasteiger partial charge in [-0.1, -0.05) is 45.0 Å². The third kappa shape index (κ3) is 4.37. The van der Waals surface area contributed by atoms with E-state index < -0.39 is 16.0 Å². The lowest BCUT2D eigenvalue weighted by atomic mass is 9.86. The number of aliphatic carboxylic acids is 1. The molecular formula is C21H24NO4S2-. The molecule has 5 nitrogen and oxygen atoms in total. The summed E-state index contributed by atoms with van der Waals surface area (Å²) in [6.07, 6.45) is 3.23. The van der Waals surface area contributed by atoms with E-state index in [0.29, 0.717) is 18.0 Å². The Bertz CT molecular complexity index is 990. The smallest absolute Gasteiger partial charge is 0.252 e. The second-order valence-electron chi connectivity index (χ2n) is 7.95. The molecule has 0 bridgehead atoms. The molecule has 3 rings (SSSR count). The number of sulfonamides is 1. The number of hydrogen-bond acceptors (Lipinski definition) is 5. The molecule has 0 unspecified atom stereocenters. The third-order valence-electron chi connectivity index (χ3n) is 4.81. The first-order valence-corrected chi connectivity index (χ1v) is 11.5. The van der Waals surface area contributed by atoms with Gasteiger partial charge in [0.2, 0.25) is 0 Å². The van der Waals surface area contributed by atoms with Crippen LogP contribution in [0.2, 0.25) is 0 Å². The van der Waals surface area contributed by atoms with Crippen LogP contribution in [0.3, 0.4) is 0 Å². The van der Waals surface area contributed by atoms with E-state index in [2.05, 4.69) is 20.8 Å². The third-order valence-corrected chi connectivity index (χ3v) is 8.30. The molecule has 0 saturated carbocycles. The van der Waals surface area contributed by atoms with E-state index in [1.165, 1.54) is 16.4 Å². The highest BCUT2D eigenvalue weighted by molar-refractivity contribution is 7.91. The van der Waals surface area contributed by atoms with Crippen LogP contribution in [0, 0.1) is 0 Å². The molecule has 0 atom stereocenters. The summed E-state index contributed by atoms with van der Waals surface area (Å²) < 4.78 is 27.0. The monoisotopic (exact) mass is 418 g/mol. The molecule has 28 heavy (non-hydrogen) atoms. The lowest BCUT2D eigenvalue weighted by Crippen LogP contribution is -2.27. The molecule has 0 amide bonds. The van der Waals surface area contributed by atoms with Gasteiger partial charge in [-0.15, -0.1) is 11.3 Å². The van der Waals surface area contributed by atoms with E-state index in [4.69, 9.17) is 0 Å². The number of rotatable bonds is 5. The summed E-state index contributed by atoms with van der Waals surface area (Å²) in [5, 5.41) is 11.7. The highest BCUT2D eigenvalue weighted by Gasteiger charge is 2.28. The van der Waals surface area contributed by atoms with E-state index >= 15 is 0 Å². The van der Waals surface area contributed by atoms with Crippen LogP contribution in [-0.4, -0.2) is 31.8 Å². The Kier molecular flexibility index (Phi) is 5.79. The van der Waals surface area contributed by atoms with Crippen molar-refractivity contribution < 1.29 is 18.3 Å². The average molecular weight is 419 g/mol. The lowest BCUT2D eigenvalue weighted by molar-refractivity contribution is -0.295. The van der Waals surface area contributed by atoms with Gasteiger partial charge in [-0.2, -0.15) is 4.31 Å². The van der Waals surface area contributed by atoms with E-state index in [1.807, 2.05) is 24.3 Å². The summed E-state index contributed by atoms with van der Waals surface area (Å²) in [5.41, 5.74) is 1.86. The lowest BCUT2D eigenvalue weighted by Gasteiger charge is -2.19. The van der Waals surface area contributed by atoms with Crippen molar-refractivity contribution in [2.45, 2.75) is 43.2 Å². The molecule has 7 heteroatoms. The standard InChI is InChI=1S/C21H25NO4S2/c1-21(2,3)16-8-6-15(7-9-16)14-17(20(23)24)18-10-11-19(27-18)28(25,26)22-12-4-5-13-22/h6-11,14H,4-5,12-13H2,1-3H3,(H,23,24)/p-1/b17-14-. The van der Waals surface area contributed by atoms with Gasteiger partial charge in [0.05, 0.1) is 5.97 Å². The molecule has 1 aliphatic rings. The number of carboxylic acid groups (broad SMARTS) is 1. The Morgan fingerprint density at radius 1 is 1.07 bits per heavy atom. The van der Waals surface area contributed by atoms with E-state index in [-0.39, 0.29) is 15.2 Å². The molecule has 150 valence electrons. The van der Waals surface area contributed by atoms with E-state index in [9.17, 15) is 18.3 Å². The molecular weight excluding hydrogens is 394 g/mol. The van der Waals surface area contributed by atoms with Gasteiger partial charge in [0, 0.05) is 23.5 Å². The summed E-state index contributed by atoms with van der Waals surface area (Å²) in [6, 6.07) is 10.7. The predicted octanol–water partition coefficient (Wildman–Crippen LogP) is 3.12. The zero-order valence-electron chi connectivity index (χ0n) is 16.3. The molecule has 0 N–H and O–H groups in total. The highest BCUT2D eigenvalue weighted by Crippen LogP contribution is 2.32. The number of thiophene rings is 1. The van der Waals surface area contributed by atoms with Gasteiger partial charge >= 0.3 is 0 Å². The van der Waals surface area contributed by atoms with Crippen molar-refractivity contribution in [2.75, 3.05) is 13.1 Å². The molecule has 1 fully saturated rings. The zero-order valence-corrected chi connectivity index (χ0v) is 17.9. The van der Waals surface area contributed by atoms with Crippen LogP contribution in [-0.2, 0) is 20.2 Å². The Morgan fingerprint density at radius 3 is 2.21 bits per heavy atom. The fraction of sp³-hybridized carbons (Fsp3) is 0.381. The molecule has 1 saturated heterocycles. The topological polar surface area (TPSA) is 77.5 Å². The molecule has 0 radical (unpaired) electrons. The Balaban J connectivity index is 1.92. The maximum absolute atomic E-state index is 12.7. The quantitative estimate of drug-likeness (QED) is 0.699. The van der Waals surface area contributed by atoms with Crippen molar-refractivity contribution in [3.63, 3.8) is 0 Å². The predicted molar refractivity (Wildman–Crippen MR) is 110 cm³/mol. The molecule has 2 heterocycles. The van der Waals surface area contributed by atoms with Crippen molar-refractivity contribution in [1.29, 1.82) is 0 Å². The maximum atomic E-state index is 12.7. The largest absolute Gasteiger partial charge is 0.545 e. The minimum absolute atomic E-state index is 0.00597. The molecule has 0 spiro atoms. The van der Waals surface area contributed by atoms with Crippen molar-refractivity contribution in [1.82, 2.24) is 4.31 Å². The van der Waals surface area contributed by atoms with Crippen LogP contribution in [0.5, 0.6) is 0 Å². The van der Waals surface area contributed by atoms with Gasteiger partial charge in [0.25, 0.3) is 10.0 Å². The Morgan fingerprint density at radius 2 is 1.68 bits per heavy atom. The normalized spacial score (nSPS) is 16.5. The SMILES string of the molecule is CC(C)(C)c1ccc(/C=C(\C(=O)[O-])c2ccc(S(=O)(=O)N3CCCC3)s2)cc1. The van der Waals surface area contributed by atoms with Gasteiger partial charge in [-0.05, 0) is 47.6 Å². The number of carbonyl (C=O) groups is 1. The minimum Gasteiger partial charge on any atom is -0.545 e. The van der Waals surface area contributed by atoms with E-state index in [1.54, 1.807) is 6.07 Å². The number of benzene rings is 1. The van der Waals surface area contributed by atoms with E-state index in [0.717, 1.165) is 35.3 Å². The van der Waals surface area contributed by atoms with Crippen molar-refractivity contribution in [2.24, 2.45) is 0 Å². The van der Waals surface area contributed by atoms with Crippen LogP contribution in [0.15, 0.2) is 40.6 Å². The first kappa shape index (κ1) is 20.8. The first-order chi connectivity index (χ1) is 13.1. The Hall–Kier alpha value is -1.96. The summed E-state index contributed by atoms with van der Waals surface area (Å²) >= 11 is 0.971. The number of nitrogens with zero attached hydrogens (tertiary/aromatic N) is 1. The number of carboxylic acids is 1. The molecule has 1 aliphatic heterocycles. The fourth-order valence-corrected chi connectivity index (χ4v) is 6.12. The molecule has 1 aromatic heterocycles. The van der Waals surface area contributed by atoms with Crippen LogP contribution < -0.4 is 5.11 Å². The first-order valence-electron chi connectivity index (χ1n) is 9.23. The van der Waals surface area contributed by atoms with Crippen LogP contribution >= 0.6 is 11.3 Å². The summed E-state index contributed by atoms with van der Waals surface area (Å²) in [4.78, 5) is 12.1. The van der Waals surface area contributed by atoms with Gasteiger partial charge in [0.15, 0.2) is 0 Å².